The third kappa shape index (κ3) is 5.88. The Morgan fingerprint density at radius 2 is 0.917 bits per heavy atom. The Labute approximate surface area is 186 Å². The van der Waals surface area contributed by atoms with E-state index in [2.05, 4.69) is 86.6 Å². The first-order valence-electron chi connectivity index (χ1n) is 6.98. The van der Waals surface area contributed by atoms with Gasteiger partial charge in [0.15, 0.2) is 0 Å². The van der Waals surface area contributed by atoms with Crippen molar-refractivity contribution in [1.29, 1.82) is 0 Å². The van der Waals surface area contributed by atoms with E-state index in [9.17, 15) is 0 Å². The number of aryl methyl sites for hydroxylation is 2. The average Bonchev–Trinajstić information content (AvgIpc) is 3.05. The summed E-state index contributed by atoms with van der Waals surface area (Å²) in [6.45, 7) is 4.28. The van der Waals surface area contributed by atoms with Crippen LogP contribution in [0, 0.1) is 13.8 Å². The molecular formula is C20H18Cl2Ti2. The Kier molecular flexibility index (Phi) is 13.1. The molecule has 0 amide bonds. The van der Waals surface area contributed by atoms with Crippen LogP contribution in [-0.4, -0.2) is 0 Å². The standard InChI is InChI=1S/2C10H9.2ClH.2Ti/c2*1-8-6-7-9-4-2-3-5-10(8)9;;;;/h2*2-7H,1H3;2*1H;;/q2*-1;;;2*+2/p-2. The zero-order chi connectivity index (χ0) is 13.9. The maximum atomic E-state index is 2.16. The molecule has 0 atom stereocenters. The van der Waals surface area contributed by atoms with Gasteiger partial charge in [0.1, 0.15) is 0 Å². The van der Waals surface area contributed by atoms with Gasteiger partial charge in [-0.1, -0.05) is 26.0 Å². The Hall–Kier alpha value is -0.331. The van der Waals surface area contributed by atoms with Crippen LogP contribution in [0.4, 0.5) is 0 Å². The van der Waals surface area contributed by atoms with Crippen LogP contribution >= 0.6 is 0 Å². The minimum Gasteiger partial charge on any atom is -1.00 e. The molecule has 0 aliphatic rings. The van der Waals surface area contributed by atoms with Gasteiger partial charge < -0.3 is 24.8 Å². The van der Waals surface area contributed by atoms with Crippen molar-refractivity contribution in [2.24, 2.45) is 0 Å². The van der Waals surface area contributed by atoms with Crippen LogP contribution in [0.3, 0.4) is 0 Å². The fourth-order valence-corrected chi connectivity index (χ4v) is 2.61. The Balaban J connectivity index is 0. The first-order valence-corrected chi connectivity index (χ1v) is 6.98. The molecule has 0 nitrogen and oxygen atoms in total. The minimum atomic E-state index is 0. The van der Waals surface area contributed by atoms with Gasteiger partial charge in [-0.3, -0.25) is 0 Å². The van der Waals surface area contributed by atoms with Gasteiger partial charge in [-0.2, -0.15) is 23.3 Å². The average molecular weight is 425 g/mol. The van der Waals surface area contributed by atoms with Crippen molar-refractivity contribution in [3.05, 3.63) is 83.9 Å². The molecule has 0 fully saturated rings. The number of hydrogen-bond donors (Lipinski definition) is 0. The molecular weight excluding hydrogens is 407 g/mol. The molecule has 4 aromatic carbocycles. The van der Waals surface area contributed by atoms with E-state index in [4.69, 9.17) is 0 Å². The molecule has 0 saturated heterocycles. The van der Waals surface area contributed by atoms with Crippen molar-refractivity contribution in [2.75, 3.05) is 0 Å². The second-order valence-corrected chi connectivity index (χ2v) is 5.21. The maximum absolute atomic E-state index is 2.16. The zero-order valence-electron chi connectivity index (χ0n) is 13.7. The molecule has 0 saturated carbocycles. The quantitative estimate of drug-likeness (QED) is 0.269. The van der Waals surface area contributed by atoms with Crippen molar-refractivity contribution in [2.45, 2.75) is 13.8 Å². The zero-order valence-corrected chi connectivity index (χ0v) is 18.3. The Bertz CT molecular complexity index is 775. The first kappa shape index (κ1) is 25.9. The largest absolute Gasteiger partial charge is 2.00 e. The van der Waals surface area contributed by atoms with E-state index in [1.165, 1.54) is 32.7 Å². The molecule has 0 aromatic heterocycles. The topological polar surface area (TPSA) is 0 Å². The van der Waals surface area contributed by atoms with E-state index < -0.39 is 0 Å². The first-order chi connectivity index (χ1) is 9.75. The van der Waals surface area contributed by atoms with Crippen LogP contribution < -0.4 is 24.8 Å². The van der Waals surface area contributed by atoms with Gasteiger partial charge in [-0.05, 0) is 0 Å². The van der Waals surface area contributed by atoms with Gasteiger partial charge in [0.2, 0.25) is 0 Å². The van der Waals surface area contributed by atoms with Crippen LogP contribution in [0.25, 0.3) is 21.5 Å². The fourth-order valence-electron chi connectivity index (χ4n) is 2.61. The molecule has 4 aromatic rings. The second kappa shape index (κ2) is 12.1. The SMILES string of the molecule is Cc1c[cH-]c2ccccc12.Cc1c[cH-]c2ccccc12.[Cl-].[Cl-].[Ti+2].[Ti+2]. The normalized spacial score (nSPS) is 8.75. The van der Waals surface area contributed by atoms with E-state index >= 15 is 0 Å². The molecule has 120 valence electrons. The van der Waals surface area contributed by atoms with Crippen LogP contribution in [0.15, 0.2) is 72.8 Å². The van der Waals surface area contributed by atoms with E-state index in [1.54, 1.807) is 0 Å². The molecule has 0 aliphatic heterocycles. The summed E-state index contributed by atoms with van der Waals surface area (Å²) in [4.78, 5) is 0. The summed E-state index contributed by atoms with van der Waals surface area (Å²) < 4.78 is 0. The molecule has 4 heteroatoms. The van der Waals surface area contributed by atoms with Crippen molar-refractivity contribution < 1.29 is 68.2 Å². The number of rotatable bonds is 0. The van der Waals surface area contributed by atoms with Crippen molar-refractivity contribution in [3.63, 3.8) is 0 Å². The Morgan fingerprint density at radius 3 is 1.25 bits per heavy atom. The molecule has 0 spiro atoms. The number of hydrogen-bond acceptors (Lipinski definition) is 0. The van der Waals surface area contributed by atoms with Crippen LogP contribution in [0.1, 0.15) is 11.1 Å². The van der Waals surface area contributed by atoms with Crippen LogP contribution in [-0.2, 0) is 43.4 Å². The molecule has 0 unspecified atom stereocenters. The summed E-state index contributed by atoms with van der Waals surface area (Å²) in [5.41, 5.74) is 2.74. The number of halogens is 2. The molecule has 0 N–H and O–H groups in total. The number of fused-ring (bicyclic) bond motifs is 2. The third-order valence-corrected chi connectivity index (χ3v) is 3.80. The van der Waals surface area contributed by atoms with Gasteiger partial charge in [-0.15, -0.1) is 70.1 Å². The molecule has 0 bridgehead atoms. The van der Waals surface area contributed by atoms with E-state index in [0.717, 1.165) is 0 Å². The maximum Gasteiger partial charge on any atom is 2.00 e. The molecule has 0 heterocycles. The third-order valence-electron chi connectivity index (χ3n) is 3.80. The second-order valence-electron chi connectivity index (χ2n) is 5.21. The summed E-state index contributed by atoms with van der Waals surface area (Å²) in [5.74, 6) is 0. The van der Waals surface area contributed by atoms with Gasteiger partial charge >= 0.3 is 43.4 Å². The summed E-state index contributed by atoms with van der Waals surface area (Å²) in [6.07, 6.45) is 0. The fraction of sp³-hybridized carbons (Fsp3) is 0.100. The summed E-state index contributed by atoms with van der Waals surface area (Å²) in [6, 6.07) is 25.5. The van der Waals surface area contributed by atoms with E-state index in [-0.39, 0.29) is 68.2 Å². The molecule has 0 aliphatic carbocycles. The van der Waals surface area contributed by atoms with E-state index in [1.807, 2.05) is 0 Å². The predicted molar refractivity (Wildman–Crippen MR) is 88.6 cm³/mol. The summed E-state index contributed by atoms with van der Waals surface area (Å²) >= 11 is 0. The molecule has 0 radical (unpaired) electrons. The van der Waals surface area contributed by atoms with Crippen molar-refractivity contribution in [3.8, 4) is 0 Å². The summed E-state index contributed by atoms with van der Waals surface area (Å²) in [5, 5.41) is 5.45. The monoisotopic (exact) mass is 424 g/mol. The van der Waals surface area contributed by atoms with Crippen LogP contribution in [0.2, 0.25) is 0 Å². The van der Waals surface area contributed by atoms with Gasteiger partial charge in [-0.25, -0.2) is 0 Å². The van der Waals surface area contributed by atoms with Crippen LogP contribution in [0.5, 0.6) is 0 Å². The molecule has 24 heavy (non-hydrogen) atoms. The van der Waals surface area contributed by atoms with Crippen molar-refractivity contribution in [1.82, 2.24) is 0 Å². The number of benzene rings is 2. The smallest absolute Gasteiger partial charge is 1.00 e. The Morgan fingerprint density at radius 1 is 0.583 bits per heavy atom. The summed E-state index contributed by atoms with van der Waals surface area (Å²) in [7, 11) is 0. The van der Waals surface area contributed by atoms with E-state index in [0.29, 0.717) is 0 Å². The van der Waals surface area contributed by atoms with Crippen molar-refractivity contribution >= 4 is 21.5 Å². The minimum absolute atomic E-state index is 0. The van der Waals surface area contributed by atoms with Gasteiger partial charge in [0.25, 0.3) is 0 Å². The molecule has 4 rings (SSSR count). The van der Waals surface area contributed by atoms with Gasteiger partial charge in [0, 0.05) is 0 Å². The van der Waals surface area contributed by atoms with Gasteiger partial charge in [0.05, 0.1) is 0 Å². The predicted octanol–water partition coefficient (Wildman–Crippen LogP) is -0.263.